The number of carbonyl (C=O) groups is 1. The van der Waals surface area contributed by atoms with Crippen molar-refractivity contribution in [1.29, 1.82) is 0 Å². The van der Waals surface area contributed by atoms with E-state index in [9.17, 15) is 9.90 Å². The maximum atomic E-state index is 12.3. The van der Waals surface area contributed by atoms with E-state index < -0.39 is 6.04 Å². The first kappa shape index (κ1) is 15.3. The van der Waals surface area contributed by atoms with Crippen LogP contribution in [0.1, 0.15) is 47.6 Å². The Morgan fingerprint density at radius 3 is 2.52 bits per heavy atom. The lowest BCUT2D eigenvalue weighted by molar-refractivity contribution is 0.0910. The molecule has 1 heterocycles. The van der Waals surface area contributed by atoms with E-state index in [2.05, 4.69) is 24.3 Å². The smallest absolute Gasteiger partial charge is 0.272 e. The summed E-state index contributed by atoms with van der Waals surface area (Å²) in [5.74, 6) is 0.0206. The van der Waals surface area contributed by atoms with Crippen LogP contribution in [0.4, 0.5) is 0 Å². The summed E-state index contributed by atoms with van der Waals surface area (Å²) in [4.78, 5) is 12.3. The van der Waals surface area contributed by atoms with Gasteiger partial charge >= 0.3 is 0 Å². The van der Waals surface area contributed by atoms with Crippen molar-refractivity contribution in [2.24, 2.45) is 7.05 Å². The van der Waals surface area contributed by atoms with E-state index in [4.69, 9.17) is 0 Å². The van der Waals surface area contributed by atoms with Crippen LogP contribution in [-0.2, 0) is 7.05 Å². The Labute approximate surface area is 124 Å². The third-order valence-corrected chi connectivity index (χ3v) is 3.43. The number of nitrogens with zero attached hydrogens (tertiary/aromatic N) is 2. The van der Waals surface area contributed by atoms with E-state index in [1.807, 2.05) is 37.4 Å². The standard InChI is InChI=1S/C16H21N3O2/c1-11(2)15-9-13(18-19(15)3)16(21)17-14(10-20)12-7-5-4-6-8-12/h4-9,11,14,20H,10H2,1-3H3,(H,17,21)/t14-/m0/s1. The molecular weight excluding hydrogens is 266 g/mol. The molecule has 0 radical (unpaired) electrons. The number of rotatable bonds is 5. The zero-order valence-electron chi connectivity index (χ0n) is 12.6. The quantitative estimate of drug-likeness (QED) is 0.884. The third-order valence-electron chi connectivity index (χ3n) is 3.43. The number of aryl methyl sites for hydroxylation is 1. The lowest BCUT2D eigenvalue weighted by atomic mass is 10.1. The summed E-state index contributed by atoms with van der Waals surface area (Å²) in [6.45, 7) is 3.96. The van der Waals surface area contributed by atoms with Crippen molar-refractivity contribution in [3.8, 4) is 0 Å². The molecule has 112 valence electrons. The van der Waals surface area contributed by atoms with Crippen LogP contribution >= 0.6 is 0 Å². The lowest BCUT2D eigenvalue weighted by Gasteiger charge is -2.15. The fraction of sp³-hybridized carbons (Fsp3) is 0.375. The van der Waals surface area contributed by atoms with Gasteiger partial charge in [-0.15, -0.1) is 0 Å². The molecule has 1 aromatic carbocycles. The van der Waals surface area contributed by atoms with E-state index in [1.165, 1.54) is 0 Å². The van der Waals surface area contributed by atoms with E-state index >= 15 is 0 Å². The highest BCUT2D eigenvalue weighted by atomic mass is 16.3. The molecule has 2 rings (SSSR count). The van der Waals surface area contributed by atoms with Gasteiger partial charge in [0.15, 0.2) is 0 Å². The Bertz CT molecular complexity index is 605. The van der Waals surface area contributed by atoms with Crippen molar-refractivity contribution in [3.63, 3.8) is 0 Å². The number of benzene rings is 1. The first-order chi connectivity index (χ1) is 10.0. The number of hydrogen-bond acceptors (Lipinski definition) is 3. The van der Waals surface area contributed by atoms with Gasteiger partial charge in [-0.2, -0.15) is 5.10 Å². The fourth-order valence-electron chi connectivity index (χ4n) is 2.28. The van der Waals surface area contributed by atoms with Gasteiger partial charge in [-0.1, -0.05) is 44.2 Å². The minimum Gasteiger partial charge on any atom is -0.394 e. The zero-order chi connectivity index (χ0) is 15.4. The van der Waals surface area contributed by atoms with Crippen molar-refractivity contribution >= 4 is 5.91 Å². The Morgan fingerprint density at radius 2 is 2.00 bits per heavy atom. The van der Waals surface area contributed by atoms with Gasteiger partial charge in [0.2, 0.25) is 0 Å². The number of carbonyl (C=O) groups excluding carboxylic acids is 1. The summed E-state index contributed by atoms with van der Waals surface area (Å²) >= 11 is 0. The minimum absolute atomic E-state index is 0.153. The van der Waals surface area contributed by atoms with E-state index in [1.54, 1.807) is 10.7 Å². The maximum absolute atomic E-state index is 12.3. The average molecular weight is 287 g/mol. The predicted octanol–water partition coefficient (Wildman–Crippen LogP) is 2.01. The van der Waals surface area contributed by atoms with Crippen LogP contribution in [-0.4, -0.2) is 27.4 Å². The Kier molecular flexibility index (Phi) is 4.75. The summed E-state index contributed by atoms with van der Waals surface area (Å²) in [5, 5.41) is 16.5. The molecule has 5 heteroatoms. The Hall–Kier alpha value is -2.14. The maximum Gasteiger partial charge on any atom is 0.272 e. The van der Waals surface area contributed by atoms with Crippen LogP contribution < -0.4 is 5.32 Å². The van der Waals surface area contributed by atoms with Crippen LogP contribution in [0.25, 0.3) is 0 Å². The largest absolute Gasteiger partial charge is 0.394 e. The molecule has 0 bridgehead atoms. The average Bonchev–Trinajstić information content (AvgIpc) is 2.87. The first-order valence-corrected chi connectivity index (χ1v) is 7.03. The molecule has 1 atom stereocenters. The summed E-state index contributed by atoms with van der Waals surface area (Å²) in [5.41, 5.74) is 2.24. The van der Waals surface area contributed by atoms with E-state index in [0.29, 0.717) is 11.6 Å². The van der Waals surface area contributed by atoms with Crippen molar-refractivity contribution in [1.82, 2.24) is 15.1 Å². The van der Waals surface area contributed by atoms with E-state index in [0.717, 1.165) is 11.3 Å². The molecule has 0 aliphatic heterocycles. The topological polar surface area (TPSA) is 67.2 Å². The second-order valence-electron chi connectivity index (χ2n) is 5.35. The van der Waals surface area contributed by atoms with Crippen LogP contribution in [0, 0.1) is 0 Å². The first-order valence-electron chi connectivity index (χ1n) is 7.03. The number of hydrogen-bond donors (Lipinski definition) is 2. The molecule has 1 amide bonds. The van der Waals surface area contributed by atoms with Gasteiger partial charge in [0.1, 0.15) is 5.69 Å². The molecule has 0 fully saturated rings. The molecule has 21 heavy (non-hydrogen) atoms. The van der Waals surface area contributed by atoms with Gasteiger partial charge in [0, 0.05) is 12.7 Å². The summed E-state index contributed by atoms with van der Waals surface area (Å²) in [6.07, 6.45) is 0. The molecule has 0 unspecified atom stereocenters. The SMILES string of the molecule is CC(C)c1cc(C(=O)N[C@@H](CO)c2ccccc2)nn1C. The summed E-state index contributed by atoms with van der Waals surface area (Å²) in [6, 6.07) is 10.8. The molecule has 0 spiro atoms. The molecule has 0 saturated carbocycles. The molecule has 0 saturated heterocycles. The van der Waals surface area contributed by atoms with Crippen LogP contribution in [0.3, 0.4) is 0 Å². The highest BCUT2D eigenvalue weighted by Crippen LogP contribution is 2.16. The van der Waals surface area contributed by atoms with Crippen LogP contribution in [0.5, 0.6) is 0 Å². The lowest BCUT2D eigenvalue weighted by Crippen LogP contribution is -2.31. The molecule has 5 nitrogen and oxygen atoms in total. The van der Waals surface area contributed by atoms with Crippen molar-refractivity contribution in [2.45, 2.75) is 25.8 Å². The van der Waals surface area contributed by atoms with Gasteiger partial charge in [0.05, 0.1) is 12.6 Å². The summed E-state index contributed by atoms with van der Waals surface area (Å²) in [7, 11) is 1.83. The third kappa shape index (κ3) is 3.49. The van der Waals surface area contributed by atoms with Crippen LogP contribution in [0.2, 0.25) is 0 Å². The number of aliphatic hydroxyl groups excluding tert-OH is 1. The van der Waals surface area contributed by atoms with Gasteiger partial charge in [-0.05, 0) is 17.5 Å². The van der Waals surface area contributed by atoms with Gasteiger partial charge < -0.3 is 10.4 Å². The molecular formula is C16H21N3O2. The minimum atomic E-state index is -0.428. The number of nitrogens with one attached hydrogen (secondary N) is 1. The Morgan fingerprint density at radius 1 is 1.33 bits per heavy atom. The second kappa shape index (κ2) is 6.54. The number of amides is 1. The van der Waals surface area contributed by atoms with Gasteiger partial charge in [0.25, 0.3) is 5.91 Å². The highest BCUT2D eigenvalue weighted by molar-refractivity contribution is 5.92. The van der Waals surface area contributed by atoms with Crippen molar-refractivity contribution in [3.05, 3.63) is 53.3 Å². The molecule has 2 aromatic rings. The normalized spacial score (nSPS) is 12.4. The molecule has 2 N–H and O–H groups in total. The Balaban J connectivity index is 2.15. The monoisotopic (exact) mass is 287 g/mol. The van der Waals surface area contributed by atoms with Gasteiger partial charge in [-0.25, -0.2) is 0 Å². The highest BCUT2D eigenvalue weighted by Gasteiger charge is 2.18. The predicted molar refractivity (Wildman–Crippen MR) is 81.0 cm³/mol. The van der Waals surface area contributed by atoms with Crippen molar-refractivity contribution in [2.75, 3.05) is 6.61 Å². The van der Waals surface area contributed by atoms with Crippen LogP contribution in [0.15, 0.2) is 36.4 Å². The fourth-order valence-corrected chi connectivity index (χ4v) is 2.28. The van der Waals surface area contributed by atoms with Crippen molar-refractivity contribution < 1.29 is 9.90 Å². The number of aliphatic hydroxyl groups is 1. The van der Waals surface area contributed by atoms with E-state index in [-0.39, 0.29) is 12.5 Å². The summed E-state index contributed by atoms with van der Waals surface area (Å²) < 4.78 is 1.72. The zero-order valence-corrected chi connectivity index (χ0v) is 12.6. The van der Waals surface area contributed by atoms with Gasteiger partial charge in [-0.3, -0.25) is 9.48 Å². The molecule has 0 aliphatic rings. The number of aromatic nitrogens is 2. The molecule has 1 aromatic heterocycles. The molecule has 0 aliphatic carbocycles. The second-order valence-corrected chi connectivity index (χ2v) is 5.35.